The predicted molar refractivity (Wildman–Crippen MR) is 113 cm³/mol. The largest absolute Gasteiger partial charge is 0.330 e. The first-order valence-electron chi connectivity index (χ1n) is 11.0. The molecule has 2 fully saturated rings. The fourth-order valence-electron chi connectivity index (χ4n) is 5.21. The molecule has 0 aromatic heterocycles. The van der Waals surface area contributed by atoms with Gasteiger partial charge in [-0.1, -0.05) is 26.0 Å². The van der Waals surface area contributed by atoms with E-state index in [9.17, 15) is 14.4 Å². The number of nitrogens with one attached hydrogen (secondary N) is 2. The summed E-state index contributed by atoms with van der Waals surface area (Å²) < 4.78 is 0. The third kappa shape index (κ3) is 4.14. The van der Waals surface area contributed by atoms with E-state index in [4.69, 9.17) is 5.73 Å². The number of nitrogens with zero attached hydrogens (tertiary/aromatic N) is 1. The SMILES string of the molecule is CC1(C)CCC(NCc2ccc3c(c2)C(=O)N(C2CCC(=O)NC2=O)C3)C(CN)C1. The Morgan fingerprint density at radius 1 is 1.23 bits per heavy atom. The summed E-state index contributed by atoms with van der Waals surface area (Å²) in [4.78, 5) is 38.2. The van der Waals surface area contributed by atoms with E-state index >= 15 is 0 Å². The predicted octanol–water partition coefficient (Wildman–Crippen LogP) is 1.69. The van der Waals surface area contributed by atoms with Gasteiger partial charge < -0.3 is 16.0 Å². The van der Waals surface area contributed by atoms with E-state index in [1.54, 1.807) is 4.90 Å². The van der Waals surface area contributed by atoms with Crippen LogP contribution in [-0.2, 0) is 22.7 Å². The number of benzene rings is 1. The van der Waals surface area contributed by atoms with Crippen molar-refractivity contribution in [3.63, 3.8) is 0 Å². The van der Waals surface area contributed by atoms with E-state index in [1.165, 1.54) is 6.42 Å². The molecule has 3 amide bonds. The van der Waals surface area contributed by atoms with Crippen molar-refractivity contribution >= 4 is 17.7 Å². The second-order valence-electron chi connectivity index (χ2n) is 9.78. The van der Waals surface area contributed by atoms with Crippen LogP contribution >= 0.6 is 0 Å². The topological polar surface area (TPSA) is 105 Å². The smallest absolute Gasteiger partial charge is 0.255 e. The van der Waals surface area contributed by atoms with Crippen LogP contribution in [0.4, 0.5) is 0 Å². The Bertz CT molecular complexity index is 866. The van der Waals surface area contributed by atoms with Crippen LogP contribution in [0.1, 0.15) is 67.4 Å². The number of nitrogens with two attached hydrogens (primary N) is 1. The van der Waals surface area contributed by atoms with Gasteiger partial charge in [-0.05, 0) is 60.8 Å². The number of rotatable bonds is 5. The lowest BCUT2D eigenvalue weighted by atomic mass is 9.70. The summed E-state index contributed by atoms with van der Waals surface area (Å²) in [6.45, 7) is 6.42. The highest BCUT2D eigenvalue weighted by Crippen LogP contribution is 2.38. The van der Waals surface area contributed by atoms with Gasteiger partial charge in [0.1, 0.15) is 6.04 Å². The zero-order valence-corrected chi connectivity index (χ0v) is 17.9. The summed E-state index contributed by atoms with van der Waals surface area (Å²) in [6.07, 6.45) is 4.08. The molecule has 0 spiro atoms. The van der Waals surface area contributed by atoms with Crippen molar-refractivity contribution in [2.75, 3.05) is 6.54 Å². The van der Waals surface area contributed by atoms with Gasteiger partial charge in [-0.25, -0.2) is 0 Å². The minimum atomic E-state index is -0.569. The van der Waals surface area contributed by atoms with Crippen LogP contribution in [0, 0.1) is 11.3 Å². The number of piperidine rings is 1. The second-order valence-corrected chi connectivity index (χ2v) is 9.78. The van der Waals surface area contributed by atoms with Gasteiger partial charge in [-0.15, -0.1) is 0 Å². The highest BCUT2D eigenvalue weighted by atomic mass is 16.2. The summed E-state index contributed by atoms with van der Waals surface area (Å²) >= 11 is 0. The summed E-state index contributed by atoms with van der Waals surface area (Å²) in [5, 5.41) is 6.01. The number of carbonyl (C=O) groups is 3. The van der Waals surface area contributed by atoms with Crippen LogP contribution in [0.3, 0.4) is 0 Å². The molecular weight excluding hydrogens is 380 g/mol. The molecule has 2 heterocycles. The van der Waals surface area contributed by atoms with Crippen LogP contribution in [0.2, 0.25) is 0 Å². The molecule has 3 unspecified atom stereocenters. The van der Waals surface area contributed by atoms with Crippen molar-refractivity contribution in [1.29, 1.82) is 0 Å². The van der Waals surface area contributed by atoms with Crippen LogP contribution in [-0.4, -0.2) is 41.2 Å². The first-order chi connectivity index (χ1) is 14.3. The highest BCUT2D eigenvalue weighted by Gasteiger charge is 2.39. The molecule has 1 aromatic carbocycles. The maximum absolute atomic E-state index is 13.0. The first-order valence-corrected chi connectivity index (χ1v) is 11.0. The van der Waals surface area contributed by atoms with Crippen LogP contribution in [0.5, 0.6) is 0 Å². The molecule has 1 aromatic rings. The van der Waals surface area contributed by atoms with E-state index in [0.29, 0.717) is 49.0 Å². The third-order valence-corrected chi connectivity index (χ3v) is 6.98. The van der Waals surface area contributed by atoms with Gasteiger partial charge in [0.05, 0.1) is 0 Å². The minimum Gasteiger partial charge on any atom is -0.330 e. The molecule has 0 radical (unpaired) electrons. The molecule has 30 heavy (non-hydrogen) atoms. The van der Waals surface area contributed by atoms with Gasteiger partial charge in [-0.3, -0.25) is 19.7 Å². The summed E-state index contributed by atoms with van der Waals surface area (Å²) in [6, 6.07) is 5.81. The second kappa shape index (κ2) is 8.12. The zero-order chi connectivity index (χ0) is 21.5. The maximum Gasteiger partial charge on any atom is 0.255 e. The lowest BCUT2D eigenvalue weighted by Gasteiger charge is -2.40. The molecule has 1 saturated carbocycles. The Kier molecular flexibility index (Phi) is 5.68. The third-order valence-electron chi connectivity index (χ3n) is 6.98. The molecule has 4 rings (SSSR count). The number of hydrogen-bond donors (Lipinski definition) is 3. The van der Waals surface area contributed by atoms with E-state index in [1.807, 2.05) is 12.1 Å². The molecule has 1 aliphatic carbocycles. The monoisotopic (exact) mass is 412 g/mol. The average Bonchev–Trinajstić information content (AvgIpc) is 3.02. The molecule has 1 saturated heterocycles. The molecule has 7 heteroatoms. The number of carbonyl (C=O) groups excluding carboxylic acids is 3. The Labute approximate surface area is 177 Å². The Morgan fingerprint density at radius 2 is 2.03 bits per heavy atom. The molecule has 3 aliphatic rings. The van der Waals surface area contributed by atoms with Gasteiger partial charge in [-0.2, -0.15) is 0 Å². The van der Waals surface area contributed by atoms with E-state index in [-0.39, 0.29) is 24.1 Å². The Balaban J connectivity index is 1.41. The molecular formula is C23H32N4O3. The van der Waals surface area contributed by atoms with Crippen LogP contribution < -0.4 is 16.4 Å². The summed E-state index contributed by atoms with van der Waals surface area (Å²) in [5.74, 6) is -0.300. The van der Waals surface area contributed by atoms with Crippen molar-refractivity contribution in [2.45, 2.75) is 71.1 Å². The Hall–Kier alpha value is -2.25. The van der Waals surface area contributed by atoms with E-state index < -0.39 is 6.04 Å². The van der Waals surface area contributed by atoms with E-state index in [2.05, 4.69) is 30.5 Å². The number of fused-ring (bicyclic) bond motifs is 1. The standard InChI is InChI=1S/C23H32N4O3/c1-23(2)8-7-18(16(10-23)11-24)25-12-14-3-4-15-13-27(22(30)17(15)9-14)19-5-6-20(28)26-21(19)29/h3-4,9,16,18-19,25H,5-8,10-13,24H2,1-2H3,(H,26,28,29). The lowest BCUT2D eigenvalue weighted by molar-refractivity contribution is -0.136. The fourth-order valence-corrected chi connectivity index (χ4v) is 5.21. The molecule has 3 atom stereocenters. The van der Waals surface area contributed by atoms with Gasteiger partial charge in [0.25, 0.3) is 5.91 Å². The molecule has 7 nitrogen and oxygen atoms in total. The minimum absolute atomic E-state index is 0.124. The van der Waals surface area contributed by atoms with Crippen molar-refractivity contribution in [1.82, 2.24) is 15.5 Å². The lowest BCUT2D eigenvalue weighted by Crippen LogP contribution is -2.52. The van der Waals surface area contributed by atoms with Gasteiger partial charge in [0.15, 0.2) is 0 Å². The molecule has 162 valence electrons. The van der Waals surface area contributed by atoms with Crippen LogP contribution in [0.15, 0.2) is 18.2 Å². The number of imide groups is 1. The molecule has 0 bridgehead atoms. The Morgan fingerprint density at radius 3 is 2.77 bits per heavy atom. The zero-order valence-electron chi connectivity index (χ0n) is 17.9. The number of hydrogen-bond acceptors (Lipinski definition) is 5. The quantitative estimate of drug-likeness (QED) is 0.639. The van der Waals surface area contributed by atoms with Gasteiger partial charge in [0.2, 0.25) is 11.8 Å². The van der Waals surface area contributed by atoms with Crippen molar-refractivity contribution in [3.8, 4) is 0 Å². The van der Waals surface area contributed by atoms with Crippen molar-refractivity contribution in [2.24, 2.45) is 17.1 Å². The maximum atomic E-state index is 13.0. The summed E-state index contributed by atoms with van der Waals surface area (Å²) in [7, 11) is 0. The van der Waals surface area contributed by atoms with Crippen LogP contribution in [0.25, 0.3) is 0 Å². The van der Waals surface area contributed by atoms with Crippen molar-refractivity contribution < 1.29 is 14.4 Å². The van der Waals surface area contributed by atoms with E-state index in [0.717, 1.165) is 24.0 Å². The molecule has 4 N–H and O–H groups in total. The van der Waals surface area contributed by atoms with Gasteiger partial charge >= 0.3 is 0 Å². The first kappa shape index (κ1) is 21.0. The normalized spacial score (nSPS) is 28.4. The highest BCUT2D eigenvalue weighted by molar-refractivity contribution is 6.05. The molecule has 2 aliphatic heterocycles. The average molecular weight is 413 g/mol. The van der Waals surface area contributed by atoms with Gasteiger partial charge in [0, 0.05) is 31.1 Å². The summed E-state index contributed by atoms with van der Waals surface area (Å²) in [5.41, 5.74) is 9.05. The van der Waals surface area contributed by atoms with Crippen molar-refractivity contribution in [3.05, 3.63) is 34.9 Å². The fraction of sp³-hybridized carbons (Fsp3) is 0.609. The number of amides is 3.